The molecule has 6 heteroatoms. The molecule has 0 saturated heterocycles. The molecule has 2 aromatic rings. The molecule has 0 aliphatic rings. The van der Waals surface area contributed by atoms with Crippen LogP contribution in [0.3, 0.4) is 0 Å². The second kappa shape index (κ2) is 7.00. The molecule has 0 spiro atoms. The van der Waals surface area contributed by atoms with Crippen LogP contribution >= 0.6 is 11.6 Å². The quantitative estimate of drug-likeness (QED) is 0.882. The molecule has 2 rings (SSSR count). The van der Waals surface area contributed by atoms with Crippen LogP contribution in [0.2, 0.25) is 5.02 Å². The third-order valence-electron chi connectivity index (χ3n) is 3.38. The zero-order chi connectivity index (χ0) is 15.4. The van der Waals surface area contributed by atoms with Gasteiger partial charge in [0.05, 0.1) is 23.0 Å². The van der Waals surface area contributed by atoms with E-state index in [1.165, 1.54) is 24.4 Å². The maximum atomic E-state index is 13.9. The first-order valence-electron chi connectivity index (χ1n) is 6.88. The Hall–Kier alpha value is -1.46. The lowest BCUT2D eigenvalue weighted by Crippen LogP contribution is -2.27. The molecule has 0 aliphatic carbocycles. The van der Waals surface area contributed by atoms with E-state index in [1.54, 1.807) is 11.7 Å². The van der Waals surface area contributed by atoms with Gasteiger partial charge in [-0.1, -0.05) is 24.6 Å². The number of aryl methyl sites for hydroxylation is 1. The maximum absolute atomic E-state index is 13.9. The van der Waals surface area contributed by atoms with Crippen LogP contribution in [0.15, 0.2) is 24.4 Å². The highest BCUT2D eigenvalue weighted by Crippen LogP contribution is 2.27. The zero-order valence-corrected chi connectivity index (χ0v) is 12.8. The average Bonchev–Trinajstić information content (AvgIpc) is 2.78. The summed E-state index contributed by atoms with van der Waals surface area (Å²) in [5.41, 5.74) is 0.788. The van der Waals surface area contributed by atoms with Crippen molar-refractivity contribution in [2.24, 2.45) is 7.05 Å². The molecule has 0 radical (unpaired) electrons. The number of halogens is 3. The Bertz CT molecular complexity index is 573. The SMILES string of the molecule is CCCNC(Cc1c(F)cccc1F)c1c(Cl)cnn1C. The number of aromatic nitrogens is 2. The highest BCUT2D eigenvalue weighted by atomic mass is 35.5. The van der Waals surface area contributed by atoms with Gasteiger partial charge in [0, 0.05) is 12.6 Å². The van der Waals surface area contributed by atoms with E-state index in [0.717, 1.165) is 18.7 Å². The molecule has 1 N–H and O–H groups in total. The summed E-state index contributed by atoms with van der Waals surface area (Å²) in [6.07, 6.45) is 2.62. The Morgan fingerprint density at radius 1 is 1.33 bits per heavy atom. The molecular formula is C15H18ClF2N3. The third kappa shape index (κ3) is 3.60. The summed E-state index contributed by atoms with van der Waals surface area (Å²) in [5, 5.41) is 7.86. The van der Waals surface area contributed by atoms with Crippen LogP contribution in [0.5, 0.6) is 0 Å². The van der Waals surface area contributed by atoms with Crippen LogP contribution < -0.4 is 5.32 Å². The Labute approximate surface area is 127 Å². The molecule has 1 aromatic carbocycles. The highest BCUT2D eigenvalue weighted by molar-refractivity contribution is 6.31. The van der Waals surface area contributed by atoms with Crippen molar-refractivity contribution in [1.82, 2.24) is 15.1 Å². The van der Waals surface area contributed by atoms with Crippen LogP contribution in [0.4, 0.5) is 8.78 Å². The van der Waals surface area contributed by atoms with E-state index in [0.29, 0.717) is 5.02 Å². The van der Waals surface area contributed by atoms with Crippen LogP contribution in [0, 0.1) is 11.6 Å². The second-order valence-electron chi connectivity index (χ2n) is 4.91. The monoisotopic (exact) mass is 313 g/mol. The standard InChI is InChI=1S/C15H18ClF2N3/c1-3-7-19-14(15-11(16)9-20-21(15)2)8-10-12(17)5-4-6-13(10)18/h4-6,9,14,19H,3,7-8H2,1-2H3. The molecule has 1 unspecified atom stereocenters. The molecule has 0 saturated carbocycles. The second-order valence-corrected chi connectivity index (χ2v) is 5.32. The molecule has 0 fully saturated rings. The van der Waals surface area contributed by atoms with Gasteiger partial charge in [0.15, 0.2) is 0 Å². The first-order chi connectivity index (χ1) is 10.0. The van der Waals surface area contributed by atoms with Gasteiger partial charge in [-0.05, 0) is 31.5 Å². The fourth-order valence-electron chi connectivity index (χ4n) is 2.33. The van der Waals surface area contributed by atoms with Crippen molar-refractivity contribution in [3.05, 3.63) is 52.3 Å². The largest absolute Gasteiger partial charge is 0.308 e. The summed E-state index contributed by atoms with van der Waals surface area (Å²) >= 11 is 6.15. The Balaban J connectivity index is 2.33. The molecule has 114 valence electrons. The van der Waals surface area contributed by atoms with Crippen molar-refractivity contribution >= 4 is 11.6 Å². The summed E-state index contributed by atoms with van der Waals surface area (Å²) in [4.78, 5) is 0. The van der Waals surface area contributed by atoms with Gasteiger partial charge in [0.2, 0.25) is 0 Å². The molecule has 0 amide bonds. The summed E-state index contributed by atoms with van der Waals surface area (Å²) in [5.74, 6) is -1.09. The van der Waals surface area contributed by atoms with Gasteiger partial charge in [-0.3, -0.25) is 4.68 Å². The van der Waals surface area contributed by atoms with E-state index in [9.17, 15) is 8.78 Å². The lowest BCUT2D eigenvalue weighted by Gasteiger charge is -2.20. The maximum Gasteiger partial charge on any atom is 0.129 e. The lowest BCUT2D eigenvalue weighted by molar-refractivity contribution is 0.467. The number of nitrogens with one attached hydrogen (secondary N) is 1. The summed E-state index contributed by atoms with van der Waals surface area (Å²) in [6.45, 7) is 2.75. The van der Waals surface area contributed by atoms with Crippen LogP contribution in [0.25, 0.3) is 0 Å². The van der Waals surface area contributed by atoms with Crippen molar-refractivity contribution < 1.29 is 8.78 Å². The van der Waals surface area contributed by atoms with Gasteiger partial charge >= 0.3 is 0 Å². The number of rotatable bonds is 6. The van der Waals surface area contributed by atoms with E-state index in [2.05, 4.69) is 10.4 Å². The minimum absolute atomic E-state index is 0.0587. The molecule has 3 nitrogen and oxygen atoms in total. The van der Waals surface area contributed by atoms with Gasteiger partial charge in [-0.25, -0.2) is 8.78 Å². The first kappa shape index (κ1) is 15.9. The van der Waals surface area contributed by atoms with E-state index < -0.39 is 11.6 Å². The molecule has 1 heterocycles. The predicted octanol–water partition coefficient (Wildman–Crippen LogP) is 3.64. The van der Waals surface area contributed by atoms with Crippen LogP contribution in [0.1, 0.15) is 30.6 Å². The summed E-state index contributed by atoms with van der Waals surface area (Å²) in [6, 6.07) is 3.59. The number of benzene rings is 1. The molecule has 1 aromatic heterocycles. The Morgan fingerprint density at radius 3 is 2.52 bits per heavy atom. The van der Waals surface area contributed by atoms with Crippen molar-refractivity contribution in [3.63, 3.8) is 0 Å². The molecule has 0 aliphatic heterocycles. The number of nitrogens with zero attached hydrogens (tertiary/aromatic N) is 2. The van der Waals surface area contributed by atoms with E-state index in [-0.39, 0.29) is 18.0 Å². The topological polar surface area (TPSA) is 29.9 Å². The van der Waals surface area contributed by atoms with Gasteiger partial charge in [0.25, 0.3) is 0 Å². The zero-order valence-electron chi connectivity index (χ0n) is 12.0. The third-order valence-corrected chi connectivity index (χ3v) is 3.67. The van der Waals surface area contributed by atoms with Gasteiger partial charge in [0.1, 0.15) is 11.6 Å². The van der Waals surface area contributed by atoms with Crippen molar-refractivity contribution in [3.8, 4) is 0 Å². The van der Waals surface area contributed by atoms with Crippen molar-refractivity contribution in [1.29, 1.82) is 0 Å². The average molecular weight is 314 g/mol. The summed E-state index contributed by atoms with van der Waals surface area (Å²) < 4.78 is 29.3. The van der Waals surface area contributed by atoms with E-state index >= 15 is 0 Å². The predicted molar refractivity (Wildman–Crippen MR) is 79.3 cm³/mol. The van der Waals surface area contributed by atoms with Crippen LogP contribution in [-0.4, -0.2) is 16.3 Å². The molecule has 1 atom stereocenters. The van der Waals surface area contributed by atoms with Gasteiger partial charge in [-0.2, -0.15) is 5.10 Å². The Kier molecular flexibility index (Phi) is 5.31. The summed E-state index contributed by atoms with van der Waals surface area (Å²) in [7, 11) is 1.76. The van der Waals surface area contributed by atoms with Crippen molar-refractivity contribution in [2.75, 3.05) is 6.54 Å². The van der Waals surface area contributed by atoms with Gasteiger partial charge < -0.3 is 5.32 Å². The highest BCUT2D eigenvalue weighted by Gasteiger charge is 2.22. The molecular weight excluding hydrogens is 296 g/mol. The Morgan fingerprint density at radius 2 is 2.00 bits per heavy atom. The fourth-order valence-corrected chi connectivity index (χ4v) is 2.63. The number of hydrogen-bond donors (Lipinski definition) is 1. The molecule has 21 heavy (non-hydrogen) atoms. The normalized spacial score (nSPS) is 12.6. The first-order valence-corrected chi connectivity index (χ1v) is 7.26. The van der Waals surface area contributed by atoms with Crippen molar-refractivity contribution in [2.45, 2.75) is 25.8 Å². The fraction of sp³-hybridized carbons (Fsp3) is 0.400. The lowest BCUT2D eigenvalue weighted by atomic mass is 10.0. The smallest absolute Gasteiger partial charge is 0.129 e. The minimum atomic E-state index is -0.545. The van der Waals surface area contributed by atoms with E-state index in [1.807, 2.05) is 6.92 Å². The number of hydrogen-bond acceptors (Lipinski definition) is 2. The van der Waals surface area contributed by atoms with E-state index in [4.69, 9.17) is 11.6 Å². The minimum Gasteiger partial charge on any atom is -0.308 e. The molecule has 0 bridgehead atoms. The van der Waals surface area contributed by atoms with Crippen LogP contribution in [-0.2, 0) is 13.5 Å². The van der Waals surface area contributed by atoms with Gasteiger partial charge in [-0.15, -0.1) is 0 Å².